The Hall–Kier alpha value is -0.970. The molecule has 2 rings (SSSR count). The van der Waals surface area contributed by atoms with Crippen LogP contribution in [0.5, 0.6) is 11.5 Å². The summed E-state index contributed by atoms with van der Waals surface area (Å²) >= 11 is 15.4. The van der Waals surface area contributed by atoms with Gasteiger partial charge < -0.3 is 9.47 Å². The Kier molecular flexibility index (Phi) is 6.15. The van der Waals surface area contributed by atoms with Gasteiger partial charge in [0.05, 0.1) is 16.1 Å². The van der Waals surface area contributed by atoms with Crippen molar-refractivity contribution in [1.82, 2.24) is 4.98 Å². The van der Waals surface area contributed by atoms with Crippen LogP contribution in [0.2, 0.25) is 5.02 Å². The van der Waals surface area contributed by atoms with Gasteiger partial charge in [-0.25, -0.2) is 0 Å². The van der Waals surface area contributed by atoms with E-state index in [2.05, 4.69) is 20.9 Å². The number of alkyl halides is 1. The maximum atomic E-state index is 6.08. The minimum atomic E-state index is 0.334. The zero-order valence-electron chi connectivity index (χ0n) is 11.4. The molecule has 0 aliphatic heterocycles. The lowest BCUT2D eigenvalue weighted by Crippen LogP contribution is -2.02. The van der Waals surface area contributed by atoms with Gasteiger partial charge in [0, 0.05) is 23.8 Å². The lowest BCUT2D eigenvalue weighted by atomic mass is 10.2. The molecule has 112 valence electrons. The predicted molar refractivity (Wildman–Crippen MR) is 88.4 cm³/mol. The van der Waals surface area contributed by atoms with Crippen molar-refractivity contribution in [2.24, 2.45) is 0 Å². The van der Waals surface area contributed by atoms with Gasteiger partial charge in [-0.3, -0.25) is 4.98 Å². The Bertz CT molecular complexity index is 623. The maximum absolute atomic E-state index is 6.08. The van der Waals surface area contributed by atoms with Crippen molar-refractivity contribution in [3.63, 3.8) is 0 Å². The highest BCUT2D eigenvalue weighted by molar-refractivity contribution is 9.10. The molecule has 0 spiro atoms. The Morgan fingerprint density at radius 1 is 1.29 bits per heavy atom. The van der Waals surface area contributed by atoms with Gasteiger partial charge in [-0.15, -0.1) is 11.6 Å². The molecule has 3 nitrogen and oxygen atoms in total. The van der Waals surface area contributed by atoms with Crippen molar-refractivity contribution in [3.05, 3.63) is 51.2 Å². The normalized spacial score (nSPS) is 10.5. The van der Waals surface area contributed by atoms with E-state index < -0.39 is 0 Å². The van der Waals surface area contributed by atoms with Crippen molar-refractivity contribution in [3.8, 4) is 11.5 Å². The molecule has 0 atom stereocenters. The molecule has 1 aromatic heterocycles. The summed E-state index contributed by atoms with van der Waals surface area (Å²) in [6, 6.07) is 5.62. The monoisotopic (exact) mass is 389 g/mol. The third-order valence-corrected chi connectivity index (χ3v) is 3.99. The fraction of sp³-hybridized carbons (Fsp3) is 0.267. The average molecular weight is 391 g/mol. The number of aromatic nitrogens is 1. The number of nitrogens with zero attached hydrogens (tertiary/aromatic N) is 1. The second-order valence-corrected chi connectivity index (χ2v) is 5.76. The van der Waals surface area contributed by atoms with Crippen molar-refractivity contribution >= 4 is 39.1 Å². The number of benzene rings is 1. The molecular formula is C15H14BrCl2NO2. The number of ether oxygens (including phenoxy) is 2. The molecule has 0 fully saturated rings. The van der Waals surface area contributed by atoms with Crippen LogP contribution in [0.1, 0.15) is 18.1 Å². The number of hydrogen-bond acceptors (Lipinski definition) is 3. The highest BCUT2D eigenvalue weighted by atomic mass is 79.9. The fourth-order valence-electron chi connectivity index (χ4n) is 1.77. The second kappa shape index (κ2) is 7.87. The molecule has 2 aromatic rings. The minimum absolute atomic E-state index is 0.334. The SMILES string of the molecule is CCOc1cc(CCl)cc(Br)c1OCc1ccncc1Cl. The van der Waals surface area contributed by atoms with Crippen LogP contribution < -0.4 is 9.47 Å². The third-order valence-electron chi connectivity index (χ3n) is 2.75. The topological polar surface area (TPSA) is 31.4 Å². The second-order valence-electron chi connectivity index (χ2n) is 4.23. The summed E-state index contributed by atoms with van der Waals surface area (Å²) < 4.78 is 12.3. The zero-order chi connectivity index (χ0) is 15.2. The molecule has 21 heavy (non-hydrogen) atoms. The molecule has 0 aliphatic rings. The molecule has 1 heterocycles. The molecule has 0 saturated carbocycles. The molecular weight excluding hydrogens is 377 g/mol. The van der Waals surface area contributed by atoms with Gasteiger partial charge in [-0.05, 0) is 46.6 Å². The Morgan fingerprint density at radius 2 is 2.10 bits per heavy atom. The Labute approximate surface area is 142 Å². The van der Waals surface area contributed by atoms with Crippen molar-refractivity contribution in [2.75, 3.05) is 6.61 Å². The van der Waals surface area contributed by atoms with Crippen LogP contribution in [0, 0.1) is 0 Å². The molecule has 0 radical (unpaired) electrons. The first-order chi connectivity index (χ1) is 10.2. The molecule has 6 heteroatoms. The predicted octanol–water partition coefficient (Wildman–Crippen LogP) is 5.21. The molecule has 0 aliphatic carbocycles. The summed E-state index contributed by atoms with van der Waals surface area (Å²) in [6.07, 6.45) is 3.27. The molecule has 1 aromatic carbocycles. The molecule has 0 saturated heterocycles. The molecule has 0 bridgehead atoms. The molecule has 0 amide bonds. The summed E-state index contributed by atoms with van der Waals surface area (Å²) in [4.78, 5) is 3.95. The van der Waals surface area contributed by atoms with Gasteiger partial charge in [0.25, 0.3) is 0 Å². The lowest BCUT2D eigenvalue weighted by Gasteiger charge is -2.15. The van der Waals surface area contributed by atoms with Gasteiger partial charge in [0.15, 0.2) is 11.5 Å². The largest absolute Gasteiger partial charge is 0.490 e. The number of rotatable bonds is 6. The maximum Gasteiger partial charge on any atom is 0.175 e. The highest BCUT2D eigenvalue weighted by Gasteiger charge is 2.13. The smallest absolute Gasteiger partial charge is 0.175 e. The summed E-state index contributed by atoms with van der Waals surface area (Å²) in [5.41, 5.74) is 1.82. The van der Waals surface area contributed by atoms with Crippen LogP contribution in [0.4, 0.5) is 0 Å². The fourth-order valence-corrected chi connectivity index (χ4v) is 2.70. The van der Waals surface area contributed by atoms with E-state index in [9.17, 15) is 0 Å². The number of pyridine rings is 1. The minimum Gasteiger partial charge on any atom is -0.490 e. The van der Waals surface area contributed by atoms with Crippen molar-refractivity contribution in [1.29, 1.82) is 0 Å². The Balaban J connectivity index is 2.24. The van der Waals surface area contributed by atoms with E-state index in [0.29, 0.717) is 35.6 Å². The van der Waals surface area contributed by atoms with Crippen LogP contribution in [0.15, 0.2) is 35.1 Å². The third kappa shape index (κ3) is 4.25. The quantitative estimate of drug-likeness (QED) is 0.634. The number of halogens is 3. The first-order valence-electron chi connectivity index (χ1n) is 6.38. The lowest BCUT2D eigenvalue weighted by molar-refractivity contribution is 0.267. The summed E-state index contributed by atoms with van der Waals surface area (Å²) in [6.45, 7) is 2.80. The van der Waals surface area contributed by atoms with Gasteiger partial charge in [-0.1, -0.05) is 11.6 Å². The van der Waals surface area contributed by atoms with Crippen LogP contribution in [0.3, 0.4) is 0 Å². The van der Waals surface area contributed by atoms with Crippen LogP contribution in [0.25, 0.3) is 0 Å². The van der Waals surface area contributed by atoms with E-state index in [-0.39, 0.29) is 0 Å². The first-order valence-corrected chi connectivity index (χ1v) is 8.08. The van der Waals surface area contributed by atoms with E-state index in [1.165, 1.54) is 0 Å². The highest BCUT2D eigenvalue weighted by Crippen LogP contribution is 2.38. The summed E-state index contributed by atoms with van der Waals surface area (Å²) in [5, 5.41) is 0.573. The van der Waals surface area contributed by atoms with Crippen LogP contribution >= 0.6 is 39.1 Å². The molecule has 0 unspecified atom stereocenters. The molecule has 0 N–H and O–H groups in total. The zero-order valence-corrected chi connectivity index (χ0v) is 14.5. The van der Waals surface area contributed by atoms with E-state index in [1.54, 1.807) is 12.4 Å². The summed E-state index contributed by atoms with van der Waals surface area (Å²) in [7, 11) is 0. The standard InChI is InChI=1S/C15H14BrCl2NO2/c1-2-20-14-6-10(7-17)5-12(16)15(14)21-9-11-3-4-19-8-13(11)18/h3-6,8H,2,7,9H2,1H3. The van der Waals surface area contributed by atoms with E-state index >= 15 is 0 Å². The van der Waals surface area contributed by atoms with Gasteiger partial charge in [-0.2, -0.15) is 0 Å². The average Bonchev–Trinajstić information content (AvgIpc) is 2.48. The first kappa shape index (κ1) is 16.4. The van der Waals surface area contributed by atoms with Crippen LogP contribution in [-0.4, -0.2) is 11.6 Å². The summed E-state index contributed by atoms with van der Waals surface area (Å²) in [5.74, 6) is 1.71. The van der Waals surface area contributed by atoms with E-state index in [4.69, 9.17) is 32.7 Å². The van der Waals surface area contributed by atoms with Gasteiger partial charge in [0.2, 0.25) is 0 Å². The van der Waals surface area contributed by atoms with Crippen molar-refractivity contribution in [2.45, 2.75) is 19.4 Å². The van der Waals surface area contributed by atoms with E-state index in [1.807, 2.05) is 25.1 Å². The van der Waals surface area contributed by atoms with E-state index in [0.717, 1.165) is 15.6 Å². The van der Waals surface area contributed by atoms with Gasteiger partial charge >= 0.3 is 0 Å². The Morgan fingerprint density at radius 3 is 2.76 bits per heavy atom. The van der Waals surface area contributed by atoms with Crippen LogP contribution in [-0.2, 0) is 12.5 Å². The van der Waals surface area contributed by atoms with Gasteiger partial charge in [0.1, 0.15) is 6.61 Å². The number of hydrogen-bond donors (Lipinski definition) is 0. The van der Waals surface area contributed by atoms with Crippen molar-refractivity contribution < 1.29 is 9.47 Å².